The van der Waals surface area contributed by atoms with E-state index in [-0.39, 0.29) is 28.4 Å². The molecule has 0 fully saturated rings. The van der Waals surface area contributed by atoms with Crippen LogP contribution in [0.25, 0.3) is 0 Å². The van der Waals surface area contributed by atoms with Crippen LogP contribution in [0, 0.1) is 22.9 Å². The Hall–Kier alpha value is -3.52. The number of benzene rings is 2. The first-order valence-electron chi connectivity index (χ1n) is 8.46. The number of non-ortho nitro benzene ring substituents is 1. The van der Waals surface area contributed by atoms with Crippen molar-refractivity contribution in [1.29, 1.82) is 0 Å². The topological polar surface area (TPSA) is 94.2 Å². The van der Waals surface area contributed by atoms with E-state index in [4.69, 9.17) is 11.6 Å². The maximum Gasteiger partial charge on any atom is 0.269 e. The van der Waals surface area contributed by atoms with E-state index >= 15 is 0 Å². The number of nitro groups is 1. The maximum atomic E-state index is 14.0. The molecule has 3 aromatic rings. The molecule has 7 nitrogen and oxygen atoms in total. The van der Waals surface area contributed by atoms with Crippen LogP contribution in [0.15, 0.2) is 59.5 Å². The van der Waals surface area contributed by atoms with Crippen LogP contribution in [-0.2, 0) is 6.54 Å². The minimum absolute atomic E-state index is 0.107. The summed E-state index contributed by atoms with van der Waals surface area (Å²) in [4.78, 5) is 35.6. The van der Waals surface area contributed by atoms with Gasteiger partial charge in [-0.05, 0) is 42.8 Å². The minimum atomic E-state index is -0.680. The lowest BCUT2D eigenvalue weighted by atomic mass is 10.1. The fourth-order valence-electron chi connectivity index (χ4n) is 2.78. The summed E-state index contributed by atoms with van der Waals surface area (Å²) in [5, 5.41) is 13.6. The number of nitro benzene ring substituents is 1. The van der Waals surface area contributed by atoms with Gasteiger partial charge in [0.15, 0.2) is 0 Å². The molecular weight excluding hydrogens is 401 g/mol. The third-order valence-electron chi connectivity index (χ3n) is 4.32. The van der Waals surface area contributed by atoms with E-state index in [0.29, 0.717) is 11.3 Å². The number of pyridine rings is 1. The van der Waals surface area contributed by atoms with Gasteiger partial charge in [0.25, 0.3) is 17.2 Å². The Morgan fingerprint density at radius 1 is 1.24 bits per heavy atom. The van der Waals surface area contributed by atoms with Gasteiger partial charge < -0.3 is 9.88 Å². The zero-order chi connectivity index (χ0) is 21.1. The van der Waals surface area contributed by atoms with Gasteiger partial charge in [0, 0.05) is 34.6 Å². The van der Waals surface area contributed by atoms with Crippen LogP contribution in [0.5, 0.6) is 0 Å². The largest absolute Gasteiger partial charge is 0.322 e. The van der Waals surface area contributed by atoms with E-state index in [1.807, 2.05) is 0 Å². The zero-order valence-corrected chi connectivity index (χ0v) is 15.9. The van der Waals surface area contributed by atoms with E-state index in [2.05, 4.69) is 5.32 Å². The molecule has 3 rings (SSSR count). The summed E-state index contributed by atoms with van der Waals surface area (Å²) in [6.07, 6.45) is 1.43. The summed E-state index contributed by atoms with van der Waals surface area (Å²) < 4.78 is 15.2. The maximum absolute atomic E-state index is 14.0. The van der Waals surface area contributed by atoms with Gasteiger partial charge in [-0.1, -0.05) is 17.7 Å². The summed E-state index contributed by atoms with van der Waals surface area (Å²) in [6, 6.07) is 11.0. The molecule has 1 amide bonds. The van der Waals surface area contributed by atoms with Crippen molar-refractivity contribution >= 4 is 28.9 Å². The van der Waals surface area contributed by atoms with Crippen molar-refractivity contribution in [2.75, 3.05) is 5.32 Å². The molecule has 0 bridgehead atoms. The molecule has 0 aliphatic carbocycles. The van der Waals surface area contributed by atoms with Crippen molar-refractivity contribution in [1.82, 2.24) is 4.57 Å². The summed E-state index contributed by atoms with van der Waals surface area (Å²) >= 11 is 6.01. The molecule has 1 aromatic heterocycles. The number of nitrogens with one attached hydrogen (secondary N) is 1. The van der Waals surface area contributed by atoms with E-state index in [0.717, 1.165) is 0 Å². The molecule has 1 N–H and O–H groups in total. The van der Waals surface area contributed by atoms with Crippen molar-refractivity contribution < 1.29 is 14.1 Å². The van der Waals surface area contributed by atoms with Gasteiger partial charge in [-0.2, -0.15) is 0 Å². The highest BCUT2D eigenvalue weighted by Crippen LogP contribution is 2.22. The lowest BCUT2D eigenvalue weighted by Crippen LogP contribution is -2.29. The molecule has 29 heavy (non-hydrogen) atoms. The van der Waals surface area contributed by atoms with Crippen LogP contribution >= 0.6 is 11.6 Å². The summed E-state index contributed by atoms with van der Waals surface area (Å²) in [7, 11) is 0. The second-order valence-corrected chi connectivity index (χ2v) is 6.67. The van der Waals surface area contributed by atoms with E-state index in [1.165, 1.54) is 59.3 Å². The Labute approximate surface area is 169 Å². The molecule has 0 saturated carbocycles. The summed E-state index contributed by atoms with van der Waals surface area (Å²) in [5.74, 6) is -1.23. The second-order valence-electron chi connectivity index (χ2n) is 6.27. The minimum Gasteiger partial charge on any atom is -0.322 e. The highest BCUT2D eigenvalue weighted by molar-refractivity contribution is 6.31. The molecule has 0 radical (unpaired) electrons. The predicted octanol–water partition coefficient (Wildman–Crippen LogP) is 4.16. The van der Waals surface area contributed by atoms with Crippen LogP contribution in [0.3, 0.4) is 0 Å². The molecule has 2 aromatic carbocycles. The third kappa shape index (κ3) is 4.33. The quantitative estimate of drug-likeness (QED) is 0.500. The van der Waals surface area contributed by atoms with Crippen molar-refractivity contribution in [2.24, 2.45) is 0 Å². The molecule has 9 heteroatoms. The molecule has 0 saturated heterocycles. The standard InChI is InChI=1S/C20H15ClFN3O4/c1-12-10-13(25(28)29)7-8-18(12)23-19(26)14-4-3-9-24(20(14)27)11-15-16(21)5-2-6-17(15)22/h2-10H,11H2,1H3,(H,23,26). The van der Waals surface area contributed by atoms with Crippen LogP contribution in [0.4, 0.5) is 15.8 Å². The van der Waals surface area contributed by atoms with Gasteiger partial charge in [-0.15, -0.1) is 0 Å². The Balaban J connectivity index is 1.88. The van der Waals surface area contributed by atoms with Gasteiger partial charge in [0.2, 0.25) is 0 Å². The lowest BCUT2D eigenvalue weighted by Gasteiger charge is -2.11. The molecule has 148 valence electrons. The monoisotopic (exact) mass is 415 g/mol. The van der Waals surface area contributed by atoms with Gasteiger partial charge in [-0.25, -0.2) is 4.39 Å². The number of aryl methyl sites for hydroxylation is 1. The fourth-order valence-corrected chi connectivity index (χ4v) is 3.00. The highest BCUT2D eigenvalue weighted by atomic mass is 35.5. The van der Waals surface area contributed by atoms with Gasteiger partial charge in [0.05, 0.1) is 11.5 Å². The number of anilines is 1. The number of carbonyl (C=O) groups is 1. The van der Waals surface area contributed by atoms with Crippen LogP contribution in [-0.4, -0.2) is 15.4 Å². The predicted molar refractivity (Wildman–Crippen MR) is 107 cm³/mol. The summed E-state index contributed by atoms with van der Waals surface area (Å²) in [5.41, 5.74) is 0.0699. The van der Waals surface area contributed by atoms with Crippen LogP contribution < -0.4 is 10.9 Å². The Bertz CT molecular complexity index is 1160. The van der Waals surface area contributed by atoms with Gasteiger partial charge >= 0.3 is 0 Å². The van der Waals surface area contributed by atoms with Crippen molar-refractivity contribution in [3.63, 3.8) is 0 Å². The average Bonchev–Trinajstić information content (AvgIpc) is 2.67. The Kier molecular flexibility index (Phi) is 5.74. The molecule has 0 spiro atoms. The van der Waals surface area contributed by atoms with Crippen LogP contribution in [0.2, 0.25) is 5.02 Å². The van der Waals surface area contributed by atoms with Gasteiger partial charge in [0.1, 0.15) is 11.4 Å². The first kappa shape index (κ1) is 20.2. The lowest BCUT2D eigenvalue weighted by molar-refractivity contribution is -0.384. The highest BCUT2D eigenvalue weighted by Gasteiger charge is 2.16. The SMILES string of the molecule is Cc1cc([N+](=O)[O-])ccc1NC(=O)c1cccn(Cc2c(F)cccc2Cl)c1=O. The Morgan fingerprint density at radius 3 is 2.66 bits per heavy atom. The molecule has 0 aliphatic heterocycles. The first-order chi connectivity index (χ1) is 13.8. The molecule has 1 heterocycles. The number of hydrogen-bond acceptors (Lipinski definition) is 4. The number of aromatic nitrogens is 1. The number of hydrogen-bond donors (Lipinski definition) is 1. The number of rotatable bonds is 5. The third-order valence-corrected chi connectivity index (χ3v) is 4.68. The zero-order valence-electron chi connectivity index (χ0n) is 15.2. The van der Waals surface area contributed by atoms with Crippen LogP contribution in [0.1, 0.15) is 21.5 Å². The van der Waals surface area contributed by atoms with E-state index in [9.17, 15) is 24.1 Å². The normalized spacial score (nSPS) is 10.6. The van der Waals surface area contributed by atoms with E-state index < -0.39 is 22.2 Å². The average molecular weight is 416 g/mol. The molecule has 0 atom stereocenters. The number of halogens is 2. The molecule has 0 unspecified atom stereocenters. The smallest absolute Gasteiger partial charge is 0.269 e. The molecule has 0 aliphatic rings. The van der Waals surface area contributed by atoms with Gasteiger partial charge in [-0.3, -0.25) is 19.7 Å². The number of carbonyl (C=O) groups excluding carboxylic acids is 1. The second kappa shape index (κ2) is 8.24. The number of amides is 1. The Morgan fingerprint density at radius 2 is 2.00 bits per heavy atom. The summed E-state index contributed by atoms with van der Waals surface area (Å²) in [6.45, 7) is 1.47. The number of nitrogens with zero attached hydrogens (tertiary/aromatic N) is 2. The first-order valence-corrected chi connectivity index (χ1v) is 8.84. The molecular formula is C20H15ClFN3O4. The van der Waals surface area contributed by atoms with Crippen molar-refractivity contribution in [3.05, 3.63) is 103 Å². The fraction of sp³-hybridized carbons (Fsp3) is 0.100. The van der Waals surface area contributed by atoms with Crippen molar-refractivity contribution in [2.45, 2.75) is 13.5 Å². The van der Waals surface area contributed by atoms with Crippen molar-refractivity contribution in [3.8, 4) is 0 Å². The van der Waals surface area contributed by atoms with E-state index in [1.54, 1.807) is 6.92 Å².